The number of sulfonamides is 1. The summed E-state index contributed by atoms with van der Waals surface area (Å²) in [7, 11) is -3.80. The molecule has 2 heterocycles. The number of nitriles is 1. The smallest absolute Gasteiger partial charge is 0.261 e. The van der Waals surface area contributed by atoms with E-state index in [9.17, 15) is 8.42 Å². The van der Waals surface area contributed by atoms with Gasteiger partial charge in [-0.05, 0) is 36.4 Å². The number of thiazole rings is 1. The summed E-state index contributed by atoms with van der Waals surface area (Å²) in [6.07, 6.45) is 3.44. The number of nitrogens with one attached hydrogen (secondary N) is 1. The van der Waals surface area contributed by atoms with Gasteiger partial charge >= 0.3 is 0 Å². The third kappa shape index (κ3) is 3.51. The van der Waals surface area contributed by atoms with E-state index < -0.39 is 10.0 Å². The van der Waals surface area contributed by atoms with Gasteiger partial charge in [-0.2, -0.15) is 5.26 Å². The van der Waals surface area contributed by atoms with Crippen LogP contribution in [0, 0.1) is 11.3 Å². The molecule has 1 N–H and O–H groups in total. The van der Waals surface area contributed by atoms with Crippen molar-refractivity contribution in [1.82, 2.24) is 9.97 Å². The first-order valence-corrected chi connectivity index (χ1v) is 10.2. The highest BCUT2D eigenvalue weighted by atomic mass is 32.2. The number of hydrogen-bond donors (Lipinski definition) is 1. The molecule has 0 spiro atoms. The molecule has 2 aromatic carbocycles. The molecule has 4 aromatic rings. The lowest BCUT2D eigenvalue weighted by Crippen LogP contribution is -2.13. The highest BCUT2D eigenvalue weighted by Crippen LogP contribution is 2.31. The molecule has 0 aliphatic rings. The minimum absolute atomic E-state index is 0.0398. The molecule has 4 rings (SSSR count). The van der Waals surface area contributed by atoms with Crippen LogP contribution in [-0.2, 0) is 10.0 Å². The normalized spacial score (nSPS) is 11.2. The van der Waals surface area contributed by atoms with Crippen molar-refractivity contribution in [3.8, 4) is 16.6 Å². The number of benzene rings is 2. The molecule has 2 aromatic heterocycles. The summed E-state index contributed by atoms with van der Waals surface area (Å²) in [6, 6.07) is 16.7. The maximum atomic E-state index is 12.6. The second-order valence-electron chi connectivity index (χ2n) is 5.69. The molecule has 6 nitrogen and oxygen atoms in total. The second kappa shape index (κ2) is 6.79. The topological polar surface area (TPSA) is 95.7 Å². The number of pyridine rings is 1. The van der Waals surface area contributed by atoms with Crippen molar-refractivity contribution in [2.24, 2.45) is 0 Å². The number of anilines is 1. The van der Waals surface area contributed by atoms with Gasteiger partial charge in [-0.1, -0.05) is 18.2 Å². The van der Waals surface area contributed by atoms with Crippen LogP contribution in [0.25, 0.3) is 20.8 Å². The summed E-state index contributed by atoms with van der Waals surface area (Å²) in [5.41, 5.74) is 2.37. The highest BCUT2D eigenvalue weighted by molar-refractivity contribution is 7.92. The van der Waals surface area contributed by atoms with Gasteiger partial charge in [0.25, 0.3) is 10.0 Å². The van der Waals surface area contributed by atoms with Crippen LogP contribution in [0.3, 0.4) is 0 Å². The fourth-order valence-electron chi connectivity index (χ4n) is 2.57. The maximum absolute atomic E-state index is 12.6. The van der Waals surface area contributed by atoms with Gasteiger partial charge < -0.3 is 0 Å². The van der Waals surface area contributed by atoms with E-state index in [0.29, 0.717) is 5.69 Å². The van der Waals surface area contributed by atoms with Gasteiger partial charge in [0.2, 0.25) is 0 Å². The minimum Gasteiger partial charge on any atom is -0.280 e. The van der Waals surface area contributed by atoms with Crippen LogP contribution in [0.5, 0.6) is 0 Å². The molecule has 0 radical (unpaired) electrons. The second-order valence-corrected chi connectivity index (χ2v) is 8.40. The van der Waals surface area contributed by atoms with Crippen LogP contribution < -0.4 is 4.72 Å². The summed E-state index contributed by atoms with van der Waals surface area (Å²) in [6.45, 7) is 0. The number of nitrogens with zero attached hydrogens (tertiary/aromatic N) is 3. The fourth-order valence-corrected chi connectivity index (χ4v) is 4.59. The molecule has 27 heavy (non-hydrogen) atoms. The van der Waals surface area contributed by atoms with Crippen LogP contribution in [0.2, 0.25) is 0 Å². The quantitative estimate of drug-likeness (QED) is 0.566. The Kier molecular flexibility index (Phi) is 4.32. The van der Waals surface area contributed by atoms with E-state index >= 15 is 0 Å². The number of fused-ring (bicyclic) bond motifs is 1. The van der Waals surface area contributed by atoms with E-state index in [1.54, 1.807) is 42.7 Å². The predicted octanol–water partition coefficient (Wildman–Crippen LogP) is 4.03. The van der Waals surface area contributed by atoms with E-state index in [2.05, 4.69) is 14.7 Å². The van der Waals surface area contributed by atoms with Crippen molar-refractivity contribution in [3.05, 3.63) is 72.6 Å². The summed E-state index contributed by atoms with van der Waals surface area (Å²) >= 11 is 1.49. The first-order chi connectivity index (χ1) is 13.0. The Hall–Kier alpha value is -3.28. The van der Waals surface area contributed by atoms with Crippen molar-refractivity contribution in [2.75, 3.05) is 4.72 Å². The van der Waals surface area contributed by atoms with Crippen LogP contribution in [-0.4, -0.2) is 18.4 Å². The van der Waals surface area contributed by atoms with Crippen molar-refractivity contribution in [1.29, 1.82) is 5.26 Å². The Morgan fingerprint density at radius 1 is 1.07 bits per heavy atom. The van der Waals surface area contributed by atoms with Gasteiger partial charge in [-0.25, -0.2) is 13.4 Å². The number of rotatable bonds is 4. The zero-order chi connectivity index (χ0) is 18.9. The van der Waals surface area contributed by atoms with Crippen LogP contribution in [0.4, 0.5) is 5.69 Å². The Bertz CT molecular complexity index is 1260. The lowest BCUT2D eigenvalue weighted by atomic mass is 10.2. The largest absolute Gasteiger partial charge is 0.280 e. The third-order valence-corrected chi connectivity index (χ3v) is 6.26. The van der Waals surface area contributed by atoms with E-state index in [1.807, 2.05) is 18.2 Å². The van der Waals surface area contributed by atoms with Crippen LogP contribution in [0.1, 0.15) is 5.56 Å². The fraction of sp³-hybridized carbons (Fsp3) is 0. The summed E-state index contributed by atoms with van der Waals surface area (Å²) in [5.74, 6) is 0. The molecule has 132 valence electrons. The van der Waals surface area contributed by atoms with Crippen molar-refractivity contribution in [2.45, 2.75) is 4.90 Å². The van der Waals surface area contributed by atoms with E-state index in [0.717, 1.165) is 20.8 Å². The monoisotopic (exact) mass is 392 g/mol. The Morgan fingerprint density at radius 3 is 2.74 bits per heavy atom. The van der Waals surface area contributed by atoms with Gasteiger partial charge in [0.1, 0.15) is 5.01 Å². The summed E-state index contributed by atoms with van der Waals surface area (Å²) in [5, 5.41) is 9.75. The number of aromatic nitrogens is 2. The molecule has 0 aliphatic carbocycles. The molecule has 0 amide bonds. The summed E-state index contributed by atoms with van der Waals surface area (Å²) < 4.78 is 28.8. The molecular formula is C19H12N4O2S2. The highest BCUT2D eigenvalue weighted by Gasteiger charge is 2.15. The van der Waals surface area contributed by atoms with Gasteiger partial charge in [0.05, 0.1) is 26.7 Å². The molecule has 8 heteroatoms. The first kappa shape index (κ1) is 17.1. The van der Waals surface area contributed by atoms with E-state index in [-0.39, 0.29) is 10.5 Å². The molecule has 0 saturated heterocycles. The Labute approximate surface area is 159 Å². The Balaban J connectivity index is 1.67. The molecule has 0 unspecified atom stereocenters. The maximum Gasteiger partial charge on any atom is 0.261 e. The van der Waals surface area contributed by atoms with Crippen molar-refractivity contribution >= 4 is 37.3 Å². The number of hydrogen-bond acceptors (Lipinski definition) is 6. The average Bonchev–Trinajstić information content (AvgIpc) is 3.12. The van der Waals surface area contributed by atoms with Crippen LogP contribution in [0.15, 0.2) is 71.9 Å². The first-order valence-electron chi connectivity index (χ1n) is 7.89. The molecule has 0 atom stereocenters. The lowest BCUT2D eigenvalue weighted by molar-refractivity contribution is 0.601. The van der Waals surface area contributed by atoms with Crippen molar-refractivity contribution in [3.63, 3.8) is 0 Å². The summed E-state index contributed by atoms with van der Waals surface area (Å²) in [4.78, 5) is 8.70. The molecule has 0 saturated carbocycles. The van der Waals surface area contributed by atoms with Gasteiger partial charge in [-0.3, -0.25) is 9.71 Å². The van der Waals surface area contributed by atoms with Gasteiger partial charge in [0.15, 0.2) is 0 Å². The van der Waals surface area contributed by atoms with Gasteiger partial charge in [-0.15, -0.1) is 11.3 Å². The zero-order valence-electron chi connectivity index (χ0n) is 13.8. The third-order valence-electron chi connectivity index (χ3n) is 3.83. The molecule has 0 bridgehead atoms. The minimum atomic E-state index is -3.80. The SMILES string of the molecule is N#Cc1cccc(S(=O)(=O)Nc2cccc(-c3nc4ccncc4s3)c2)c1. The molecule has 0 fully saturated rings. The molecule has 0 aliphatic heterocycles. The van der Waals surface area contributed by atoms with E-state index in [4.69, 9.17) is 5.26 Å². The Morgan fingerprint density at radius 2 is 1.93 bits per heavy atom. The average molecular weight is 392 g/mol. The standard InChI is InChI=1S/C19H12N4O2S2/c20-11-13-3-1-6-16(9-13)27(24,25)23-15-5-2-4-14(10-15)19-22-17-7-8-21-12-18(17)26-19/h1-10,12,23H. The zero-order valence-corrected chi connectivity index (χ0v) is 15.5. The van der Waals surface area contributed by atoms with Gasteiger partial charge in [0, 0.05) is 23.6 Å². The van der Waals surface area contributed by atoms with Crippen LogP contribution >= 0.6 is 11.3 Å². The molecular weight excluding hydrogens is 380 g/mol. The van der Waals surface area contributed by atoms with Crippen molar-refractivity contribution < 1.29 is 8.42 Å². The lowest BCUT2D eigenvalue weighted by Gasteiger charge is -2.09. The predicted molar refractivity (Wildman–Crippen MR) is 105 cm³/mol. The van der Waals surface area contributed by atoms with E-state index in [1.165, 1.54) is 23.5 Å².